The molecule has 0 aliphatic carbocycles. The standard InChI is InChI=1S/C12H14BrNO3/c1-14-10(7-15)11(17-12(14)16)6-8-3-2-4-9(13)5-8/h2-5,10-11,15H,6-7H2,1H3. The molecule has 2 atom stereocenters. The zero-order valence-corrected chi connectivity index (χ0v) is 11.1. The summed E-state index contributed by atoms with van der Waals surface area (Å²) in [7, 11) is 1.64. The van der Waals surface area contributed by atoms with Crippen molar-refractivity contribution in [3.8, 4) is 0 Å². The summed E-state index contributed by atoms with van der Waals surface area (Å²) in [6.07, 6.45) is -0.0448. The number of rotatable bonds is 3. The highest BCUT2D eigenvalue weighted by Crippen LogP contribution is 2.22. The quantitative estimate of drug-likeness (QED) is 0.926. The average molecular weight is 300 g/mol. The van der Waals surface area contributed by atoms with E-state index in [0.717, 1.165) is 10.0 Å². The monoisotopic (exact) mass is 299 g/mol. The van der Waals surface area contributed by atoms with Crippen LogP contribution in [0.15, 0.2) is 28.7 Å². The minimum atomic E-state index is -0.371. The van der Waals surface area contributed by atoms with E-state index in [-0.39, 0.29) is 24.8 Å². The lowest BCUT2D eigenvalue weighted by Crippen LogP contribution is -2.37. The Balaban J connectivity index is 2.11. The maximum Gasteiger partial charge on any atom is 0.410 e. The number of carbonyl (C=O) groups excluding carboxylic acids is 1. The molecule has 1 amide bonds. The van der Waals surface area contributed by atoms with Gasteiger partial charge in [0.1, 0.15) is 6.10 Å². The number of carbonyl (C=O) groups is 1. The van der Waals surface area contributed by atoms with Gasteiger partial charge in [-0.1, -0.05) is 28.1 Å². The summed E-state index contributed by atoms with van der Waals surface area (Å²) in [5, 5.41) is 9.27. The van der Waals surface area contributed by atoms with Crippen LogP contribution in [0.5, 0.6) is 0 Å². The number of benzene rings is 1. The lowest BCUT2D eigenvalue weighted by atomic mass is 10.0. The predicted octanol–water partition coefficient (Wildman–Crippen LogP) is 1.80. The van der Waals surface area contributed by atoms with Crippen molar-refractivity contribution in [2.24, 2.45) is 0 Å². The minimum Gasteiger partial charge on any atom is -0.443 e. The first-order chi connectivity index (χ1) is 8.11. The van der Waals surface area contributed by atoms with Crippen LogP contribution in [0.4, 0.5) is 4.79 Å². The van der Waals surface area contributed by atoms with E-state index in [0.29, 0.717) is 6.42 Å². The van der Waals surface area contributed by atoms with Gasteiger partial charge in [-0.3, -0.25) is 0 Å². The molecule has 4 nitrogen and oxygen atoms in total. The molecule has 0 radical (unpaired) electrons. The van der Waals surface area contributed by atoms with Crippen molar-refractivity contribution in [3.63, 3.8) is 0 Å². The molecule has 0 bridgehead atoms. The average Bonchev–Trinajstić information content (AvgIpc) is 2.54. The maximum atomic E-state index is 11.4. The lowest BCUT2D eigenvalue weighted by molar-refractivity contribution is 0.118. The number of nitrogens with zero attached hydrogens (tertiary/aromatic N) is 1. The predicted molar refractivity (Wildman–Crippen MR) is 66.8 cm³/mol. The van der Waals surface area contributed by atoms with E-state index >= 15 is 0 Å². The number of aliphatic hydroxyl groups excluding tert-OH is 1. The third kappa shape index (κ3) is 2.61. The zero-order valence-electron chi connectivity index (χ0n) is 9.47. The molecule has 0 saturated carbocycles. The van der Waals surface area contributed by atoms with Crippen LogP contribution in [0.3, 0.4) is 0 Å². The van der Waals surface area contributed by atoms with Gasteiger partial charge < -0.3 is 14.7 Å². The summed E-state index contributed by atoms with van der Waals surface area (Å²) in [5.41, 5.74) is 1.07. The van der Waals surface area contributed by atoms with Gasteiger partial charge in [0.2, 0.25) is 0 Å². The molecule has 2 rings (SSSR count). The third-order valence-corrected chi connectivity index (χ3v) is 3.47. The first-order valence-corrected chi connectivity index (χ1v) is 6.20. The molecule has 1 saturated heterocycles. The molecule has 2 unspecified atom stereocenters. The first-order valence-electron chi connectivity index (χ1n) is 5.40. The van der Waals surface area contributed by atoms with E-state index in [1.165, 1.54) is 4.90 Å². The number of hydrogen-bond acceptors (Lipinski definition) is 3. The second-order valence-electron chi connectivity index (χ2n) is 4.12. The highest BCUT2D eigenvalue weighted by molar-refractivity contribution is 9.10. The molecule has 17 heavy (non-hydrogen) atoms. The zero-order chi connectivity index (χ0) is 12.4. The van der Waals surface area contributed by atoms with E-state index in [2.05, 4.69) is 15.9 Å². The van der Waals surface area contributed by atoms with Crippen molar-refractivity contribution >= 4 is 22.0 Å². The Hall–Kier alpha value is -1.07. The molecule has 0 aromatic heterocycles. The molecule has 0 spiro atoms. The first kappa shape index (κ1) is 12.4. The Morgan fingerprint density at radius 2 is 2.29 bits per heavy atom. The third-order valence-electron chi connectivity index (χ3n) is 2.98. The molecule has 1 aromatic rings. The second kappa shape index (κ2) is 5.06. The molecular weight excluding hydrogens is 286 g/mol. The van der Waals surface area contributed by atoms with Crippen LogP contribution >= 0.6 is 15.9 Å². The smallest absolute Gasteiger partial charge is 0.410 e. The summed E-state index contributed by atoms with van der Waals surface area (Å²) in [6.45, 7) is -0.0824. The molecule has 92 valence electrons. The van der Waals surface area contributed by atoms with Crippen molar-refractivity contribution in [1.29, 1.82) is 0 Å². The lowest BCUT2D eigenvalue weighted by Gasteiger charge is -2.18. The number of aliphatic hydroxyl groups is 1. The minimum absolute atomic E-state index is 0.0824. The molecular formula is C12H14BrNO3. The van der Waals surface area contributed by atoms with Gasteiger partial charge in [0.05, 0.1) is 12.6 Å². The van der Waals surface area contributed by atoms with Gasteiger partial charge >= 0.3 is 6.09 Å². The van der Waals surface area contributed by atoms with Gasteiger partial charge in [-0.25, -0.2) is 4.79 Å². The van der Waals surface area contributed by atoms with Gasteiger partial charge in [-0.2, -0.15) is 0 Å². The molecule has 5 heteroatoms. The van der Waals surface area contributed by atoms with E-state index in [1.54, 1.807) is 7.05 Å². The van der Waals surface area contributed by atoms with Gasteiger partial charge in [-0.15, -0.1) is 0 Å². The Bertz CT molecular complexity index is 424. The van der Waals surface area contributed by atoms with Gasteiger partial charge in [0.25, 0.3) is 0 Å². The van der Waals surface area contributed by atoms with Crippen LogP contribution in [0.1, 0.15) is 5.56 Å². The number of likely N-dealkylation sites (N-methyl/N-ethyl adjacent to an activating group) is 1. The fourth-order valence-electron chi connectivity index (χ4n) is 1.99. The van der Waals surface area contributed by atoms with Crippen LogP contribution in [0.25, 0.3) is 0 Å². The molecule has 1 aliphatic heterocycles. The SMILES string of the molecule is CN1C(=O)OC(Cc2cccc(Br)c2)C1CO. The van der Waals surface area contributed by atoms with E-state index in [9.17, 15) is 9.90 Å². The van der Waals surface area contributed by atoms with Crippen LogP contribution < -0.4 is 0 Å². The van der Waals surface area contributed by atoms with Crippen LogP contribution in [0, 0.1) is 0 Å². The van der Waals surface area contributed by atoms with Gasteiger partial charge in [0, 0.05) is 17.9 Å². The fourth-order valence-corrected chi connectivity index (χ4v) is 2.44. The Morgan fingerprint density at radius 3 is 2.94 bits per heavy atom. The van der Waals surface area contributed by atoms with Crippen molar-refractivity contribution < 1.29 is 14.6 Å². The Labute approximate surface area is 108 Å². The normalized spacial score (nSPS) is 23.9. The van der Waals surface area contributed by atoms with E-state index in [1.807, 2.05) is 24.3 Å². The maximum absolute atomic E-state index is 11.4. The van der Waals surface area contributed by atoms with Crippen LogP contribution in [-0.2, 0) is 11.2 Å². The second-order valence-corrected chi connectivity index (χ2v) is 5.03. The number of cyclic esters (lactones) is 1. The Morgan fingerprint density at radius 1 is 1.53 bits per heavy atom. The summed E-state index contributed by atoms with van der Waals surface area (Å²) in [4.78, 5) is 12.8. The summed E-state index contributed by atoms with van der Waals surface area (Å²) < 4.78 is 6.23. The molecule has 1 heterocycles. The van der Waals surface area contributed by atoms with Crippen molar-refractivity contribution in [2.75, 3.05) is 13.7 Å². The van der Waals surface area contributed by atoms with E-state index in [4.69, 9.17) is 4.74 Å². The Kier molecular flexibility index (Phi) is 3.69. The number of halogens is 1. The van der Waals surface area contributed by atoms with Crippen molar-refractivity contribution in [3.05, 3.63) is 34.3 Å². The highest BCUT2D eigenvalue weighted by atomic mass is 79.9. The van der Waals surface area contributed by atoms with Gasteiger partial charge in [-0.05, 0) is 17.7 Å². The summed E-state index contributed by atoms with van der Waals surface area (Å²) in [6, 6.07) is 7.58. The van der Waals surface area contributed by atoms with Crippen LogP contribution in [-0.4, -0.2) is 41.9 Å². The summed E-state index contributed by atoms with van der Waals surface area (Å²) >= 11 is 3.40. The molecule has 1 N–H and O–H groups in total. The fraction of sp³-hybridized carbons (Fsp3) is 0.417. The van der Waals surface area contributed by atoms with Crippen molar-refractivity contribution in [1.82, 2.24) is 4.90 Å². The summed E-state index contributed by atoms with van der Waals surface area (Å²) in [5.74, 6) is 0. The van der Waals surface area contributed by atoms with Gasteiger partial charge in [0.15, 0.2) is 0 Å². The topological polar surface area (TPSA) is 49.8 Å². The molecule has 1 aliphatic rings. The number of hydrogen-bond donors (Lipinski definition) is 1. The van der Waals surface area contributed by atoms with Crippen molar-refractivity contribution in [2.45, 2.75) is 18.6 Å². The van der Waals surface area contributed by atoms with E-state index < -0.39 is 0 Å². The highest BCUT2D eigenvalue weighted by Gasteiger charge is 2.38. The molecule has 1 aromatic carbocycles. The number of ether oxygens (including phenoxy) is 1. The van der Waals surface area contributed by atoms with Crippen LogP contribution in [0.2, 0.25) is 0 Å². The molecule has 1 fully saturated rings. The number of amides is 1. The largest absolute Gasteiger partial charge is 0.443 e.